The number of para-hydroxylation sites is 1. The molecule has 0 radical (unpaired) electrons. The van der Waals surface area contributed by atoms with Crippen LogP contribution >= 0.6 is 0 Å². The number of amides is 1. The second kappa shape index (κ2) is 7.36. The highest BCUT2D eigenvalue weighted by molar-refractivity contribution is 5.87. The minimum absolute atomic E-state index is 0.0158. The molecule has 6 nitrogen and oxygen atoms in total. The second-order valence-corrected chi connectivity index (χ2v) is 7.67. The summed E-state index contributed by atoms with van der Waals surface area (Å²) < 4.78 is 16.9. The van der Waals surface area contributed by atoms with Crippen LogP contribution in [-0.2, 0) is 11.3 Å². The van der Waals surface area contributed by atoms with E-state index in [2.05, 4.69) is 4.90 Å². The summed E-state index contributed by atoms with van der Waals surface area (Å²) in [7, 11) is 0. The van der Waals surface area contributed by atoms with Crippen LogP contribution in [0.5, 0.6) is 11.5 Å². The Bertz CT molecular complexity index is 849. The second-order valence-electron chi connectivity index (χ2n) is 7.67. The zero-order chi connectivity index (χ0) is 18.9. The van der Waals surface area contributed by atoms with E-state index in [9.17, 15) is 4.79 Å². The SMILES string of the molecule is O=C(OC1CN2CCC1CC2)N(Cc1ccc2c(c1)OCO2)c1ccccc1. The van der Waals surface area contributed by atoms with Crippen LogP contribution in [0.4, 0.5) is 10.5 Å². The van der Waals surface area contributed by atoms with Crippen molar-refractivity contribution in [3.8, 4) is 11.5 Å². The van der Waals surface area contributed by atoms with Crippen LogP contribution in [0.2, 0.25) is 0 Å². The van der Waals surface area contributed by atoms with Gasteiger partial charge in [0.2, 0.25) is 6.79 Å². The Morgan fingerprint density at radius 2 is 1.86 bits per heavy atom. The summed E-state index contributed by atoms with van der Waals surface area (Å²) in [6.45, 7) is 3.75. The van der Waals surface area contributed by atoms with Crippen LogP contribution in [0, 0.1) is 5.92 Å². The molecule has 6 heteroatoms. The summed E-state index contributed by atoms with van der Waals surface area (Å²) in [5.41, 5.74) is 1.80. The Balaban J connectivity index is 1.36. The van der Waals surface area contributed by atoms with E-state index in [0.29, 0.717) is 12.5 Å². The van der Waals surface area contributed by atoms with Crippen molar-refractivity contribution in [1.29, 1.82) is 0 Å². The van der Waals surface area contributed by atoms with E-state index >= 15 is 0 Å². The quantitative estimate of drug-likeness (QED) is 0.810. The van der Waals surface area contributed by atoms with Crippen molar-refractivity contribution >= 4 is 11.8 Å². The molecule has 28 heavy (non-hydrogen) atoms. The van der Waals surface area contributed by atoms with Crippen molar-refractivity contribution in [3.63, 3.8) is 0 Å². The molecule has 0 saturated carbocycles. The normalized spacial score (nSPS) is 24.8. The van der Waals surface area contributed by atoms with Gasteiger partial charge >= 0.3 is 6.09 Å². The molecule has 4 aliphatic rings. The molecular formula is C22H24N2O4. The lowest BCUT2D eigenvalue weighted by molar-refractivity contribution is -0.0311. The monoisotopic (exact) mass is 380 g/mol. The predicted molar refractivity (Wildman–Crippen MR) is 105 cm³/mol. The first kappa shape index (κ1) is 17.4. The van der Waals surface area contributed by atoms with Gasteiger partial charge in [-0.25, -0.2) is 4.79 Å². The fourth-order valence-electron chi connectivity index (χ4n) is 4.33. The Kier molecular flexibility index (Phi) is 4.56. The van der Waals surface area contributed by atoms with Gasteiger partial charge in [-0.05, 0) is 61.7 Å². The lowest BCUT2D eigenvalue weighted by Gasteiger charge is -2.44. The van der Waals surface area contributed by atoms with Crippen molar-refractivity contribution in [3.05, 3.63) is 54.1 Å². The third-order valence-electron chi connectivity index (χ3n) is 5.91. The average Bonchev–Trinajstić information content (AvgIpc) is 3.21. The number of carbonyl (C=O) groups excluding carboxylic acids is 1. The van der Waals surface area contributed by atoms with E-state index in [0.717, 1.165) is 55.2 Å². The first-order valence-electron chi connectivity index (χ1n) is 9.90. The lowest BCUT2D eigenvalue weighted by atomic mass is 9.86. The highest BCUT2D eigenvalue weighted by atomic mass is 16.7. The summed E-state index contributed by atoms with van der Waals surface area (Å²) >= 11 is 0. The molecule has 2 bridgehead atoms. The molecule has 3 saturated heterocycles. The summed E-state index contributed by atoms with van der Waals surface area (Å²) in [5.74, 6) is 1.94. The number of benzene rings is 2. The molecule has 1 unspecified atom stereocenters. The zero-order valence-electron chi connectivity index (χ0n) is 15.8. The molecule has 1 amide bonds. The zero-order valence-corrected chi connectivity index (χ0v) is 15.8. The number of rotatable bonds is 4. The number of fused-ring (bicyclic) bond motifs is 4. The van der Waals surface area contributed by atoms with Crippen LogP contribution in [0.1, 0.15) is 18.4 Å². The minimum atomic E-state index is -0.289. The number of piperidine rings is 3. The van der Waals surface area contributed by atoms with E-state index in [1.54, 1.807) is 4.90 Å². The Morgan fingerprint density at radius 1 is 1.07 bits per heavy atom. The standard InChI is InChI=1S/C22H24N2O4/c25-22(28-21-14-23-10-8-17(21)9-11-23)24(18-4-2-1-3-5-18)13-16-6-7-19-20(12-16)27-15-26-19/h1-7,12,17,21H,8-11,13-15H2. The number of hydrogen-bond acceptors (Lipinski definition) is 5. The Hall–Kier alpha value is -2.73. The van der Waals surface area contributed by atoms with Gasteiger partial charge in [-0.3, -0.25) is 9.80 Å². The molecule has 6 rings (SSSR count). The first-order valence-corrected chi connectivity index (χ1v) is 9.90. The van der Waals surface area contributed by atoms with E-state index < -0.39 is 0 Å². The molecule has 0 N–H and O–H groups in total. The van der Waals surface area contributed by atoms with Gasteiger partial charge in [0, 0.05) is 12.2 Å². The van der Waals surface area contributed by atoms with Crippen molar-refractivity contribution in [2.45, 2.75) is 25.5 Å². The molecule has 2 aromatic carbocycles. The van der Waals surface area contributed by atoms with Crippen molar-refractivity contribution in [1.82, 2.24) is 4.90 Å². The number of carbonyl (C=O) groups is 1. The van der Waals surface area contributed by atoms with Crippen LogP contribution in [0.15, 0.2) is 48.5 Å². The van der Waals surface area contributed by atoms with Gasteiger partial charge in [-0.15, -0.1) is 0 Å². The van der Waals surface area contributed by atoms with Crippen molar-refractivity contribution in [2.24, 2.45) is 5.92 Å². The fraction of sp³-hybridized carbons (Fsp3) is 0.409. The molecule has 4 heterocycles. The third-order valence-corrected chi connectivity index (χ3v) is 5.91. The largest absolute Gasteiger partial charge is 0.454 e. The number of hydrogen-bond donors (Lipinski definition) is 0. The van der Waals surface area contributed by atoms with Crippen LogP contribution in [-0.4, -0.2) is 43.5 Å². The average molecular weight is 380 g/mol. The van der Waals surface area contributed by atoms with E-state index in [1.807, 2.05) is 48.5 Å². The van der Waals surface area contributed by atoms with Crippen molar-refractivity contribution in [2.75, 3.05) is 31.3 Å². The summed E-state index contributed by atoms with van der Waals surface area (Å²) in [6.07, 6.45) is 1.93. The molecule has 0 aliphatic carbocycles. The van der Waals surface area contributed by atoms with Gasteiger partial charge in [0.1, 0.15) is 6.10 Å². The van der Waals surface area contributed by atoms with E-state index in [1.165, 1.54) is 0 Å². The van der Waals surface area contributed by atoms with E-state index in [-0.39, 0.29) is 19.0 Å². The lowest BCUT2D eigenvalue weighted by Crippen LogP contribution is -2.53. The maximum Gasteiger partial charge on any atom is 0.414 e. The molecule has 4 aliphatic heterocycles. The molecular weight excluding hydrogens is 356 g/mol. The van der Waals surface area contributed by atoms with Crippen LogP contribution < -0.4 is 14.4 Å². The molecule has 0 spiro atoms. The Labute approximate surface area is 164 Å². The van der Waals surface area contributed by atoms with Gasteiger partial charge < -0.3 is 14.2 Å². The Morgan fingerprint density at radius 3 is 2.61 bits per heavy atom. The molecule has 146 valence electrons. The summed E-state index contributed by atoms with van der Waals surface area (Å²) in [4.78, 5) is 17.3. The van der Waals surface area contributed by atoms with Crippen LogP contribution in [0.3, 0.4) is 0 Å². The highest BCUT2D eigenvalue weighted by Crippen LogP contribution is 2.34. The number of anilines is 1. The van der Waals surface area contributed by atoms with E-state index in [4.69, 9.17) is 14.2 Å². The van der Waals surface area contributed by atoms with Gasteiger partial charge in [-0.1, -0.05) is 24.3 Å². The highest BCUT2D eigenvalue weighted by Gasteiger charge is 2.37. The van der Waals surface area contributed by atoms with Gasteiger partial charge in [-0.2, -0.15) is 0 Å². The molecule has 0 aromatic heterocycles. The maximum absolute atomic E-state index is 13.2. The number of nitrogens with zero attached hydrogens (tertiary/aromatic N) is 2. The summed E-state index contributed by atoms with van der Waals surface area (Å²) in [5, 5.41) is 0. The smallest absolute Gasteiger partial charge is 0.414 e. The molecule has 2 aromatic rings. The fourth-order valence-corrected chi connectivity index (χ4v) is 4.33. The van der Waals surface area contributed by atoms with Gasteiger partial charge in [0.15, 0.2) is 11.5 Å². The number of ether oxygens (including phenoxy) is 3. The molecule has 3 fully saturated rings. The van der Waals surface area contributed by atoms with Gasteiger partial charge in [0.05, 0.1) is 6.54 Å². The van der Waals surface area contributed by atoms with Crippen LogP contribution in [0.25, 0.3) is 0 Å². The maximum atomic E-state index is 13.2. The first-order chi connectivity index (χ1) is 13.8. The van der Waals surface area contributed by atoms with Crippen molar-refractivity contribution < 1.29 is 19.0 Å². The predicted octanol–water partition coefficient (Wildman–Crippen LogP) is 3.65. The van der Waals surface area contributed by atoms with Gasteiger partial charge in [0.25, 0.3) is 0 Å². The minimum Gasteiger partial charge on any atom is -0.454 e. The summed E-state index contributed by atoms with van der Waals surface area (Å²) in [6, 6.07) is 15.5. The third kappa shape index (κ3) is 3.40. The molecule has 1 atom stereocenters. The topological polar surface area (TPSA) is 51.2 Å².